The van der Waals surface area contributed by atoms with Crippen molar-refractivity contribution >= 4 is 17.1 Å². The highest BCUT2D eigenvalue weighted by atomic mass is 16.5. The molecule has 1 aliphatic heterocycles. The predicted octanol–water partition coefficient (Wildman–Crippen LogP) is 0.428. The van der Waals surface area contributed by atoms with Gasteiger partial charge in [0.25, 0.3) is 5.56 Å². The fourth-order valence-electron chi connectivity index (χ4n) is 3.49. The average molecular weight is 409 g/mol. The van der Waals surface area contributed by atoms with E-state index in [9.17, 15) is 19.8 Å². The third-order valence-electron chi connectivity index (χ3n) is 6.58. The molecule has 0 amide bonds. The van der Waals surface area contributed by atoms with Crippen LogP contribution in [-0.2, 0) is 11.3 Å². The molecular formula is C19H31N5O5. The van der Waals surface area contributed by atoms with Crippen molar-refractivity contribution in [2.45, 2.75) is 66.5 Å². The minimum atomic E-state index is -1.08. The lowest BCUT2D eigenvalue weighted by molar-refractivity contribution is -0.0512. The van der Waals surface area contributed by atoms with Crippen LogP contribution >= 0.6 is 0 Å². The Labute approximate surface area is 168 Å². The van der Waals surface area contributed by atoms with Gasteiger partial charge in [0, 0.05) is 12.5 Å². The summed E-state index contributed by atoms with van der Waals surface area (Å²) in [5.41, 5.74) is 4.30. The molecule has 0 bridgehead atoms. The molecule has 4 atom stereocenters. The fourth-order valence-corrected chi connectivity index (χ4v) is 3.49. The molecule has 0 saturated carbocycles. The molecule has 3 rings (SSSR count). The zero-order valence-corrected chi connectivity index (χ0v) is 17.8. The summed E-state index contributed by atoms with van der Waals surface area (Å²) in [6, 6.07) is 0. The molecule has 0 aliphatic carbocycles. The first-order chi connectivity index (χ1) is 13.3. The Bertz CT molecular complexity index is 1030. The molecule has 162 valence electrons. The summed E-state index contributed by atoms with van der Waals surface area (Å²) in [5.74, 6) is -0.539. The van der Waals surface area contributed by atoms with Crippen molar-refractivity contribution in [3.05, 3.63) is 20.8 Å². The van der Waals surface area contributed by atoms with Crippen molar-refractivity contribution in [3.8, 4) is 0 Å². The van der Waals surface area contributed by atoms with E-state index < -0.39 is 35.6 Å². The molecule has 10 nitrogen and oxygen atoms in total. The summed E-state index contributed by atoms with van der Waals surface area (Å²) in [6.45, 7) is 11.9. The van der Waals surface area contributed by atoms with E-state index >= 15 is 0 Å². The monoisotopic (exact) mass is 409 g/mol. The second-order valence-corrected chi connectivity index (χ2v) is 9.59. The van der Waals surface area contributed by atoms with Gasteiger partial charge in [0.2, 0.25) is 5.95 Å². The van der Waals surface area contributed by atoms with E-state index in [1.807, 2.05) is 13.8 Å². The Morgan fingerprint density at radius 2 is 1.86 bits per heavy atom. The number of H-pyrrole nitrogens is 1. The van der Waals surface area contributed by atoms with Gasteiger partial charge in [0.05, 0.1) is 12.7 Å². The van der Waals surface area contributed by atoms with Crippen LogP contribution in [0, 0.1) is 16.7 Å². The Morgan fingerprint density at radius 3 is 2.38 bits per heavy atom. The maximum Gasteiger partial charge on any atom is 0.332 e. The van der Waals surface area contributed by atoms with Crippen LogP contribution in [0.2, 0.25) is 0 Å². The summed E-state index contributed by atoms with van der Waals surface area (Å²) in [4.78, 5) is 32.8. The molecule has 1 saturated heterocycles. The fraction of sp³-hybridized carbons (Fsp3) is 0.737. The van der Waals surface area contributed by atoms with E-state index in [1.165, 1.54) is 9.13 Å². The minimum absolute atomic E-state index is 0.0517. The Balaban J connectivity index is 2.27. The molecule has 29 heavy (non-hydrogen) atoms. The number of fused-ring (bicyclic) bond motifs is 1. The van der Waals surface area contributed by atoms with Gasteiger partial charge >= 0.3 is 5.69 Å². The SMILES string of the molecule is CC1C(CO)OC(n2c(=O)n(CC(C)(C)C(C)(C)C)c3c(=O)[nH]c(N)nc32)C1O. The third-order valence-corrected chi connectivity index (χ3v) is 6.58. The van der Waals surface area contributed by atoms with Crippen LogP contribution in [0.4, 0.5) is 5.95 Å². The highest BCUT2D eigenvalue weighted by Gasteiger charge is 2.44. The summed E-state index contributed by atoms with van der Waals surface area (Å²) in [7, 11) is 0. The van der Waals surface area contributed by atoms with Crippen molar-refractivity contribution in [1.29, 1.82) is 0 Å². The number of imidazole rings is 1. The van der Waals surface area contributed by atoms with E-state index in [0.717, 1.165) is 0 Å². The normalized spacial score (nSPS) is 25.8. The zero-order chi connectivity index (χ0) is 21.9. The molecule has 2 aromatic heterocycles. The number of nitrogens with one attached hydrogen (secondary N) is 1. The number of anilines is 1. The highest BCUT2D eigenvalue weighted by molar-refractivity contribution is 5.71. The van der Waals surface area contributed by atoms with E-state index in [4.69, 9.17) is 10.5 Å². The van der Waals surface area contributed by atoms with Gasteiger partial charge in [-0.2, -0.15) is 4.98 Å². The lowest BCUT2D eigenvalue weighted by atomic mass is 9.69. The third kappa shape index (κ3) is 3.38. The number of aliphatic hydroxyl groups is 2. The highest BCUT2D eigenvalue weighted by Crippen LogP contribution is 2.40. The molecule has 10 heteroatoms. The number of aliphatic hydroxyl groups excluding tert-OH is 2. The zero-order valence-electron chi connectivity index (χ0n) is 17.8. The van der Waals surface area contributed by atoms with Crippen LogP contribution < -0.4 is 17.0 Å². The van der Waals surface area contributed by atoms with Gasteiger partial charge in [0.15, 0.2) is 17.4 Å². The maximum atomic E-state index is 13.4. The molecule has 0 aromatic carbocycles. The standard InChI is InChI=1S/C19H31N5O5/c1-9-10(7-25)29-15(12(9)26)24-13-11(14(27)22-16(20)21-13)23(17(24)28)8-19(5,6)18(2,3)4/h9-10,12,15,25-26H,7-8H2,1-6H3,(H3,20,21,22,27). The number of nitrogens with zero attached hydrogens (tertiary/aromatic N) is 3. The van der Waals surface area contributed by atoms with Crippen LogP contribution in [0.3, 0.4) is 0 Å². The first-order valence-electron chi connectivity index (χ1n) is 9.75. The van der Waals surface area contributed by atoms with E-state index in [1.54, 1.807) is 6.92 Å². The van der Waals surface area contributed by atoms with Crippen molar-refractivity contribution in [1.82, 2.24) is 19.1 Å². The summed E-state index contributed by atoms with van der Waals surface area (Å²) < 4.78 is 8.31. The molecule has 2 aromatic rings. The smallest absolute Gasteiger partial charge is 0.332 e. The van der Waals surface area contributed by atoms with Gasteiger partial charge in [-0.15, -0.1) is 0 Å². The number of aromatic nitrogens is 4. The Morgan fingerprint density at radius 1 is 1.24 bits per heavy atom. The summed E-state index contributed by atoms with van der Waals surface area (Å²) in [6.07, 6.45) is -2.77. The van der Waals surface area contributed by atoms with E-state index in [2.05, 4.69) is 30.7 Å². The number of rotatable bonds is 4. The van der Waals surface area contributed by atoms with Gasteiger partial charge in [-0.3, -0.25) is 14.3 Å². The van der Waals surface area contributed by atoms with Gasteiger partial charge in [-0.05, 0) is 10.8 Å². The number of nitrogen functional groups attached to an aromatic ring is 1. The number of hydrogen-bond acceptors (Lipinski definition) is 7. The second-order valence-electron chi connectivity index (χ2n) is 9.59. The summed E-state index contributed by atoms with van der Waals surface area (Å²) in [5, 5.41) is 20.2. The molecule has 1 fully saturated rings. The summed E-state index contributed by atoms with van der Waals surface area (Å²) >= 11 is 0. The topological polar surface area (TPSA) is 148 Å². The van der Waals surface area contributed by atoms with Gasteiger partial charge < -0.3 is 20.7 Å². The van der Waals surface area contributed by atoms with Crippen LogP contribution in [-0.4, -0.2) is 48.1 Å². The number of aromatic amines is 1. The molecule has 3 heterocycles. The van der Waals surface area contributed by atoms with E-state index in [-0.39, 0.29) is 41.1 Å². The van der Waals surface area contributed by atoms with Crippen molar-refractivity contribution in [2.24, 2.45) is 16.7 Å². The van der Waals surface area contributed by atoms with Crippen LogP contribution in [0.25, 0.3) is 11.2 Å². The molecule has 1 aliphatic rings. The van der Waals surface area contributed by atoms with Crippen LogP contribution in [0.15, 0.2) is 9.59 Å². The molecule has 4 unspecified atom stereocenters. The van der Waals surface area contributed by atoms with Gasteiger partial charge in [-0.1, -0.05) is 41.5 Å². The molecule has 0 spiro atoms. The number of ether oxygens (including phenoxy) is 1. The maximum absolute atomic E-state index is 13.4. The van der Waals surface area contributed by atoms with Crippen LogP contribution in [0.1, 0.15) is 47.8 Å². The number of nitrogens with two attached hydrogens (primary N) is 1. The molecule has 5 N–H and O–H groups in total. The van der Waals surface area contributed by atoms with Crippen molar-refractivity contribution in [2.75, 3.05) is 12.3 Å². The molecule has 0 radical (unpaired) electrons. The predicted molar refractivity (Wildman–Crippen MR) is 108 cm³/mol. The molecular weight excluding hydrogens is 378 g/mol. The minimum Gasteiger partial charge on any atom is -0.394 e. The largest absolute Gasteiger partial charge is 0.394 e. The first-order valence-corrected chi connectivity index (χ1v) is 9.75. The Kier molecular flexibility index (Phi) is 5.17. The second kappa shape index (κ2) is 6.96. The van der Waals surface area contributed by atoms with Gasteiger partial charge in [-0.25, -0.2) is 9.36 Å². The van der Waals surface area contributed by atoms with Crippen molar-refractivity contribution < 1.29 is 14.9 Å². The van der Waals surface area contributed by atoms with E-state index in [0.29, 0.717) is 0 Å². The van der Waals surface area contributed by atoms with Crippen molar-refractivity contribution in [3.63, 3.8) is 0 Å². The average Bonchev–Trinajstić information content (AvgIpc) is 3.01. The van der Waals surface area contributed by atoms with Crippen LogP contribution in [0.5, 0.6) is 0 Å². The first kappa shape index (κ1) is 21.5. The Hall–Kier alpha value is -2.17. The lowest BCUT2D eigenvalue weighted by Crippen LogP contribution is -2.39. The van der Waals surface area contributed by atoms with Gasteiger partial charge in [0.1, 0.15) is 6.10 Å². The quantitative estimate of drug-likeness (QED) is 0.572. The number of hydrogen-bond donors (Lipinski definition) is 4. The lowest BCUT2D eigenvalue weighted by Gasteiger charge is -2.38.